The number of hydroxylamine groups is 1. The molecule has 0 spiro atoms. The van der Waals surface area contributed by atoms with Crippen LogP contribution in [0.3, 0.4) is 0 Å². The number of carbonyl (C=O) groups is 2. The monoisotopic (exact) mass is 336 g/mol. The van der Waals surface area contributed by atoms with E-state index in [9.17, 15) is 9.59 Å². The van der Waals surface area contributed by atoms with E-state index in [-0.39, 0.29) is 11.3 Å². The summed E-state index contributed by atoms with van der Waals surface area (Å²) < 4.78 is 0. The smallest absolute Gasteiger partial charge is 0.284 e. The fourth-order valence-electron chi connectivity index (χ4n) is 3.89. The van der Waals surface area contributed by atoms with Crippen LogP contribution in [0.25, 0.3) is 0 Å². The van der Waals surface area contributed by atoms with Gasteiger partial charge in [-0.2, -0.15) is 0 Å². The lowest BCUT2D eigenvalue weighted by Gasteiger charge is -2.38. The van der Waals surface area contributed by atoms with Crippen molar-refractivity contribution in [3.63, 3.8) is 0 Å². The maximum Gasteiger partial charge on any atom is 0.284 e. The predicted molar refractivity (Wildman–Crippen MR) is 88.6 cm³/mol. The van der Waals surface area contributed by atoms with Crippen molar-refractivity contribution < 1.29 is 14.8 Å². The van der Waals surface area contributed by atoms with Gasteiger partial charge in [0.05, 0.1) is 4.88 Å². The standard InChI is InChI=1S/C17H24N2O3S/c1-11-12-10-19(16(21)17(2)7-4-3-5-8-17)9-6-13(12)23-14(11)15(20)18-22/h22H,3-10H2,1-2H3,(H,18,20). The molecule has 0 aromatic carbocycles. The Morgan fingerprint density at radius 1 is 1.26 bits per heavy atom. The molecule has 2 amide bonds. The lowest BCUT2D eigenvalue weighted by molar-refractivity contribution is -0.144. The van der Waals surface area contributed by atoms with Gasteiger partial charge in [0.15, 0.2) is 0 Å². The van der Waals surface area contributed by atoms with Crippen molar-refractivity contribution in [3.05, 3.63) is 20.9 Å². The highest BCUT2D eigenvalue weighted by atomic mass is 32.1. The largest absolute Gasteiger partial charge is 0.337 e. The Bertz CT molecular complexity index is 632. The Labute approximate surface area is 140 Å². The number of nitrogens with one attached hydrogen (secondary N) is 1. The lowest BCUT2D eigenvalue weighted by atomic mass is 9.74. The van der Waals surface area contributed by atoms with Crippen molar-refractivity contribution in [2.75, 3.05) is 6.54 Å². The minimum Gasteiger partial charge on any atom is -0.337 e. The number of nitrogens with zero attached hydrogens (tertiary/aromatic N) is 1. The molecule has 1 aliphatic heterocycles. The van der Waals surface area contributed by atoms with Gasteiger partial charge in [0.2, 0.25) is 5.91 Å². The molecule has 0 bridgehead atoms. The number of rotatable bonds is 2. The summed E-state index contributed by atoms with van der Waals surface area (Å²) in [6, 6.07) is 0. The quantitative estimate of drug-likeness (QED) is 0.644. The van der Waals surface area contributed by atoms with Gasteiger partial charge in [-0.25, -0.2) is 5.48 Å². The third kappa shape index (κ3) is 2.90. The zero-order chi connectivity index (χ0) is 16.6. The van der Waals surface area contributed by atoms with Crippen LogP contribution in [0.5, 0.6) is 0 Å². The zero-order valence-electron chi connectivity index (χ0n) is 13.8. The first-order valence-corrected chi connectivity index (χ1v) is 9.13. The van der Waals surface area contributed by atoms with Crippen LogP contribution in [0.2, 0.25) is 0 Å². The number of thiophene rings is 1. The molecule has 1 aromatic heterocycles. The third-order valence-electron chi connectivity index (χ3n) is 5.38. The van der Waals surface area contributed by atoms with Crippen molar-refractivity contribution in [2.45, 2.75) is 58.9 Å². The van der Waals surface area contributed by atoms with Gasteiger partial charge >= 0.3 is 0 Å². The summed E-state index contributed by atoms with van der Waals surface area (Å²) in [5.41, 5.74) is 3.48. The number of amides is 2. The number of hydrogen-bond donors (Lipinski definition) is 2. The Kier molecular flexibility index (Phi) is 4.47. The minimum absolute atomic E-state index is 0.217. The molecule has 0 radical (unpaired) electrons. The summed E-state index contributed by atoms with van der Waals surface area (Å²) in [7, 11) is 0. The maximum absolute atomic E-state index is 13.0. The highest BCUT2D eigenvalue weighted by Crippen LogP contribution is 2.40. The average molecular weight is 336 g/mol. The molecule has 0 saturated heterocycles. The van der Waals surface area contributed by atoms with E-state index in [0.717, 1.165) is 49.8 Å². The Balaban J connectivity index is 1.81. The highest BCUT2D eigenvalue weighted by molar-refractivity contribution is 7.14. The van der Waals surface area contributed by atoms with Gasteiger partial charge in [-0.1, -0.05) is 26.2 Å². The van der Waals surface area contributed by atoms with E-state index in [2.05, 4.69) is 6.92 Å². The molecular formula is C17H24N2O3S. The molecule has 2 aliphatic rings. The summed E-state index contributed by atoms with van der Waals surface area (Å²) in [6.45, 7) is 5.32. The second-order valence-electron chi connectivity index (χ2n) is 7.00. The molecule has 5 nitrogen and oxygen atoms in total. The number of hydrogen-bond acceptors (Lipinski definition) is 4. The zero-order valence-corrected chi connectivity index (χ0v) is 14.6. The molecule has 1 fully saturated rings. The van der Waals surface area contributed by atoms with Gasteiger partial charge < -0.3 is 4.90 Å². The van der Waals surface area contributed by atoms with Crippen molar-refractivity contribution in [3.8, 4) is 0 Å². The fourth-order valence-corrected chi connectivity index (χ4v) is 5.09. The molecular weight excluding hydrogens is 312 g/mol. The second-order valence-corrected chi connectivity index (χ2v) is 8.10. The molecule has 3 rings (SSSR count). The van der Waals surface area contributed by atoms with Crippen LogP contribution in [0.1, 0.15) is 64.7 Å². The lowest BCUT2D eigenvalue weighted by Crippen LogP contribution is -2.45. The molecule has 1 saturated carbocycles. The molecule has 1 aliphatic carbocycles. The summed E-state index contributed by atoms with van der Waals surface area (Å²) in [6.07, 6.45) is 6.27. The molecule has 23 heavy (non-hydrogen) atoms. The first kappa shape index (κ1) is 16.5. The van der Waals surface area contributed by atoms with Crippen LogP contribution in [0, 0.1) is 12.3 Å². The van der Waals surface area contributed by atoms with E-state index in [1.807, 2.05) is 11.8 Å². The van der Waals surface area contributed by atoms with E-state index < -0.39 is 5.91 Å². The van der Waals surface area contributed by atoms with Gasteiger partial charge in [0, 0.05) is 23.4 Å². The van der Waals surface area contributed by atoms with E-state index >= 15 is 0 Å². The van der Waals surface area contributed by atoms with Crippen molar-refractivity contribution >= 4 is 23.2 Å². The minimum atomic E-state index is -0.459. The van der Waals surface area contributed by atoms with Crippen LogP contribution < -0.4 is 5.48 Å². The molecule has 2 N–H and O–H groups in total. The number of fused-ring (bicyclic) bond motifs is 1. The Hall–Kier alpha value is -1.40. The molecule has 126 valence electrons. The fraction of sp³-hybridized carbons (Fsp3) is 0.647. The topological polar surface area (TPSA) is 69.6 Å². The summed E-state index contributed by atoms with van der Waals surface area (Å²) in [4.78, 5) is 28.4. The molecule has 6 heteroatoms. The van der Waals surface area contributed by atoms with E-state index in [0.29, 0.717) is 11.4 Å². The van der Waals surface area contributed by atoms with Crippen LogP contribution in [0.15, 0.2) is 0 Å². The third-order valence-corrected chi connectivity index (χ3v) is 6.77. The van der Waals surface area contributed by atoms with Crippen molar-refractivity contribution in [2.24, 2.45) is 5.41 Å². The van der Waals surface area contributed by atoms with E-state index in [1.54, 1.807) is 5.48 Å². The molecule has 2 heterocycles. The second kappa shape index (κ2) is 6.24. The van der Waals surface area contributed by atoms with Crippen LogP contribution in [-0.2, 0) is 17.8 Å². The Morgan fingerprint density at radius 3 is 2.61 bits per heavy atom. The van der Waals surface area contributed by atoms with Crippen LogP contribution in [-0.4, -0.2) is 28.5 Å². The average Bonchev–Trinajstić information content (AvgIpc) is 2.90. The first-order valence-electron chi connectivity index (χ1n) is 8.31. The summed E-state index contributed by atoms with van der Waals surface area (Å²) in [5.74, 6) is -0.194. The van der Waals surface area contributed by atoms with E-state index in [1.165, 1.54) is 22.6 Å². The first-order chi connectivity index (χ1) is 11.0. The highest BCUT2D eigenvalue weighted by Gasteiger charge is 2.39. The predicted octanol–water partition coefficient (Wildman–Crippen LogP) is 3.03. The Morgan fingerprint density at radius 2 is 1.96 bits per heavy atom. The van der Waals surface area contributed by atoms with Crippen LogP contribution in [0.4, 0.5) is 0 Å². The van der Waals surface area contributed by atoms with Gasteiger partial charge in [-0.05, 0) is 37.3 Å². The van der Waals surface area contributed by atoms with Gasteiger partial charge in [0.25, 0.3) is 5.91 Å². The SMILES string of the molecule is Cc1c(C(=O)NO)sc2c1CN(C(=O)C1(C)CCCCC1)CC2. The van der Waals surface area contributed by atoms with E-state index in [4.69, 9.17) is 5.21 Å². The van der Waals surface area contributed by atoms with Gasteiger partial charge in [0.1, 0.15) is 0 Å². The molecule has 1 aromatic rings. The normalized spacial score (nSPS) is 20.0. The molecule has 0 unspecified atom stereocenters. The molecule has 0 atom stereocenters. The van der Waals surface area contributed by atoms with Gasteiger partial charge in [-0.3, -0.25) is 14.8 Å². The number of carbonyl (C=O) groups excluding carboxylic acids is 2. The van der Waals surface area contributed by atoms with Crippen molar-refractivity contribution in [1.82, 2.24) is 10.4 Å². The maximum atomic E-state index is 13.0. The summed E-state index contributed by atoms with van der Waals surface area (Å²) >= 11 is 1.43. The summed E-state index contributed by atoms with van der Waals surface area (Å²) in [5, 5.41) is 8.86. The van der Waals surface area contributed by atoms with Gasteiger partial charge in [-0.15, -0.1) is 11.3 Å². The van der Waals surface area contributed by atoms with Crippen molar-refractivity contribution in [1.29, 1.82) is 0 Å². The van der Waals surface area contributed by atoms with Crippen LogP contribution >= 0.6 is 11.3 Å².